The van der Waals surface area contributed by atoms with E-state index in [1.165, 1.54) is 28.0 Å². The minimum atomic E-state index is -4.36. The first-order valence-electron chi connectivity index (χ1n) is 5.84. The van der Waals surface area contributed by atoms with Crippen molar-refractivity contribution < 1.29 is 13.2 Å². The van der Waals surface area contributed by atoms with Crippen molar-refractivity contribution in [1.82, 2.24) is 14.6 Å². The second kappa shape index (κ2) is 4.56. The molecule has 4 nitrogen and oxygen atoms in total. The van der Waals surface area contributed by atoms with Crippen LogP contribution in [0.25, 0.3) is 15.5 Å². The van der Waals surface area contributed by atoms with Gasteiger partial charge in [-0.25, -0.2) is 4.98 Å². The van der Waals surface area contributed by atoms with Gasteiger partial charge in [0.25, 0.3) is 0 Å². The maximum absolute atomic E-state index is 12.5. The Morgan fingerprint density at radius 1 is 1.24 bits per heavy atom. The predicted octanol–water partition coefficient (Wildman–Crippen LogP) is 3.66. The maximum atomic E-state index is 12.5. The van der Waals surface area contributed by atoms with Gasteiger partial charge in [0.05, 0.1) is 11.3 Å². The highest BCUT2D eigenvalue weighted by atomic mass is 32.1. The van der Waals surface area contributed by atoms with Gasteiger partial charge in [-0.1, -0.05) is 23.5 Å². The summed E-state index contributed by atoms with van der Waals surface area (Å²) in [6.07, 6.45) is -4.36. The number of aromatic nitrogens is 3. The number of hydrogen-bond donors (Lipinski definition) is 0. The second-order valence-corrected chi connectivity index (χ2v) is 5.29. The number of halogens is 3. The van der Waals surface area contributed by atoms with Crippen LogP contribution in [0.15, 0.2) is 24.3 Å². The van der Waals surface area contributed by atoms with Gasteiger partial charge in [0.1, 0.15) is 11.1 Å². The molecular formula is C13H7F3N4S. The number of alkyl halides is 3. The lowest BCUT2D eigenvalue weighted by Crippen LogP contribution is -2.04. The lowest BCUT2D eigenvalue weighted by molar-refractivity contribution is -0.137. The van der Waals surface area contributed by atoms with Gasteiger partial charge in [-0.05, 0) is 19.1 Å². The van der Waals surface area contributed by atoms with Crippen molar-refractivity contribution in [2.24, 2.45) is 0 Å². The Labute approximate surface area is 121 Å². The molecule has 1 aromatic carbocycles. The van der Waals surface area contributed by atoms with Gasteiger partial charge in [-0.15, -0.1) is 0 Å². The minimum absolute atomic E-state index is 0.333. The van der Waals surface area contributed by atoms with Gasteiger partial charge in [0.15, 0.2) is 5.69 Å². The van der Waals surface area contributed by atoms with Gasteiger partial charge in [-0.2, -0.15) is 28.0 Å². The molecule has 0 aliphatic carbocycles. The van der Waals surface area contributed by atoms with Crippen molar-refractivity contribution in [3.8, 4) is 16.6 Å². The van der Waals surface area contributed by atoms with Crippen molar-refractivity contribution in [2.45, 2.75) is 13.1 Å². The lowest BCUT2D eigenvalue weighted by atomic mass is 10.1. The molecule has 0 saturated heterocycles. The third kappa shape index (κ3) is 2.25. The van der Waals surface area contributed by atoms with Gasteiger partial charge >= 0.3 is 6.18 Å². The highest BCUT2D eigenvalue weighted by Gasteiger charge is 2.30. The molecule has 0 aliphatic rings. The van der Waals surface area contributed by atoms with Crippen molar-refractivity contribution in [1.29, 1.82) is 5.26 Å². The number of fused-ring (bicyclic) bond motifs is 1. The Bertz CT molecular complexity index is 853. The van der Waals surface area contributed by atoms with Gasteiger partial charge in [0, 0.05) is 5.56 Å². The Hall–Kier alpha value is -2.40. The quantitative estimate of drug-likeness (QED) is 0.689. The molecule has 106 valence electrons. The van der Waals surface area contributed by atoms with E-state index in [1.54, 1.807) is 6.92 Å². The van der Waals surface area contributed by atoms with E-state index in [1.807, 2.05) is 6.07 Å². The zero-order valence-electron chi connectivity index (χ0n) is 10.6. The van der Waals surface area contributed by atoms with Crippen molar-refractivity contribution in [3.63, 3.8) is 0 Å². The first kappa shape index (κ1) is 13.6. The van der Waals surface area contributed by atoms with Gasteiger partial charge in [0.2, 0.25) is 4.96 Å². The topological polar surface area (TPSA) is 54.0 Å². The average molecular weight is 308 g/mol. The van der Waals surface area contributed by atoms with Crippen LogP contribution in [0.2, 0.25) is 0 Å². The fourth-order valence-corrected chi connectivity index (χ4v) is 2.85. The fraction of sp³-hybridized carbons (Fsp3) is 0.154. The molecular weight excluding hydrogens is 301 g/mol. The highest BCUT2D eigenvalue weighted by molar-refractivity contribution is 7.19. The standard InChI is InChI=1S/C13H7F3N4S/c1-7-10(6-17)20-12(18-7)21-11(19-20)8-2-4-9(5-3-8)13(14,15)16/h2-5H,1H3. The Morgan fingerprint density at radius 3 is 2.48 bits per heavy atom. The third-order valence-electron chi connectivity index (χ3n) is 2.94. The monoisotopic (exact) mass is 308 g/mol. The van der Waals surface area contributed by atoms with E-state index < -0.39 is 11.7 Å². The molecule has 0 fully saturated rings. The molecule has 0 unspecified atom stereocenters. The number of benzene rings is 1. The normalized spacial score (nSPS) is 11.8. The zero-order valence-corrected chi connectivity index (χ0v) is 11.5. The number of nitrogens with zero attached hydrogens (tertiary/aromatic N) is 4. The first-order chi connectivity index (χ1) is 9.90. The number of nitriles is 1. The van der Waals surface area contributed by atoms with E-state index in [-0.39, 0.29) is 0 Å². The predicted molar refractivity (Wildman–Crippen MR) is 70.8 cm³/mol. The van der Waals surface area contributed by atoms with Crippen molar-refractivity contribution in [2.75, 3.05) is 0 Å². The molecule has 2 heterocycles. The van der Waals surface area contributed by atoms with Crippen LogP contribution >= 0.6 is 11.3 Å². The van der Waals surface area contributed by atoms with Crippen LogP contribution in [0, 0.1) is 18.3 Å². The van der Waals surface area contributed by atoms with Gasteiger partial charge < -0.3 is 0 Å². The summed E-state index contributed by atoms with van der Waals surface area (Å²) in [5.41, 5.74) is 0.760. The Kier molecular flexibility index (Phi) is 2.95. The molecule has 2 aromatic heterocycles. The summed E-state index contributed by atoms with van der Waals surface area (Å²) >= 11 is 1.22. The third-order valence-corrected chi connectivity index (χ3v) is 3.90. The summed E-state index contributed by atoms with van der Waals surface area (Å²) in [5.74, 6) is 0. The van der Waals surface area contributed by atoms with Crippen LogP contribution in [0.3, 0.4) is 0 Å². The molecule has 0 N–H and O–H groups in total. The maximum Gasteiger partial charge on any atom is 0.416 e. The van der Waals surface area contributed by atoms with Crippen LogP contribution in [-0.2, 0) is 6.18 Å². The summed E-state index contributed by atoms with van der Waals surface area (Å²) in [7, 11) is 0. The van der Waals surface area contributed by atoms with Crippen LogP contribution in [0.5, 0.6) is 0 Å². The van der Waals surface area contributed by atoms with Crippen molar-refractivity contribution in [3.05, 3.63) is 41.2 Å². The molecule has 0 radical (unpaired) electrons. The van der Waals surface area contributed by atoms with Crippen LogP contribution in [0.1, 0.15) is 17.0 Å². The van der Waals surface area contributed by atoms with E-state index in [9.17, 15) is 13.2 Å². The molecule has 0 spiro atoms. The number of rotatable bonds is 1. The summed E-state index contributed by atoms with van der Waals surface area (Å²) in [6, 6.07) is 6.75. The van der Waals surface area contributed by atoms with Crippen molar-refractivity contribution >= 4 is 16.3 Å². The molecule has 0 saturated carbocycles. The molecule has 0 atom stereocenters. The van der Waals surface area contributed by atoms with E-state index in [0.29, 0.717) is 26.9 Å². The molecule has 0 aliphatic heterocycles. The molecule has 3 rings (SSSR count). The average Bonchev–Trinajstić information content (AvgIpc) is 2.94. The second-order valence-electron chi connectivity index (χ2n) is 4.33. The van der Waals surface area contributed by atoms with Crippen LogP contribution < -0.4 is 0 Å². The number of aryl methyl sites for hydroxylation is 1. The SMILES string of the molecule is Cc1nc2sc(-c3ccc(C(F)(F)F)cc3)nn2c1C#N. The number of imidazole rings is 1. The van der Waals surface area contributed by atoms with E-state index >= 15 is 0 Å². The summed E-state index contributed by atoms with van der Waals surface area (Å²) in [6.45, 7) is 1.71. The molecule has 8 heteroatoms. The lowest BCUT2D eigenvalue weighted by Gasteiger charge is -2.06. The summed E-state index contributed by atoms with van der Waals surface area (Å²) in [4.78, 5) is 4.74. The largest absolute Gasteiger partial charge is 0.416 e. The Balaban J connectivity index is 2.05. The number of hydrogen-bond acceptors (Lipinski definition) is 4. The van der Waals surface area contributed by atoms with Crippen LogP contribution in [-0.4, -0.2) is 14.6 Å². The minimum Gasteiger partial charge on any atom is -0.221 e. The molecule has 0 bridgehead atoms. The molecule has 3 aromatic rings. The Morgan fingerprint density at radius 2 is 1.90 bits per heavy atom. The van der Waals surface area contributed by atoms with E-state index in [0.717, 1.165) is 12.1 Å². The van der Waals surface area contributed by atoms with E-state index in [2.05, 4.69) is 10.1 Å². The summed E-state index contributed by atoms with van der Waals surface area (Å²) in [5, 5.41) is 13.8. The summed E-state index contributed by atoms with van der Waals surface area (Å²) < 4.78 is 39.0. The molecule has 21 heavy (non-hydrogen) atoms. The molecule has 0 amide bonds. The van der Waals surface area contributed by atoms with Gasteiger partial charge in [-0.3, -0.25) is 0 Å². The zero-order chi connectivity index (χ0) is 15.2. The first-order valence-corrected chi connectivity index (χ1v) is 6.65. The van der Waals surface area contributed by atoms with E-state index in [4.69, 9.17) is 5.26 Å². The smallest absolute Gasteiger partial charge is 0.221 e. The highest BCUT2D eigenvalue weighted by Crippen LogP contribution is 2.32. The fourth-order valence-electron chi connectivity index (χ4n) is 1.90. The van der Waals surface area contributed by atoms with Crippen LogP contribution in [0.4, 0.5) is 13.2 Å².